The monoisotopic (exact) mass is 280 g/mol. The maximum absolute atomic E-state index is 13.8. The number of Topliss-reactive ketones (excluding diaryl/α,β-unsaturated/α-hetero) is 1. The minimum Gasteiger partial charge on any atom is -0.315 e. The number of aryl methyl sites for hydroxylation is 1. The van der Waals surface area contributed by atoms with Crippen molar-refractivity contribution in [1.82, 2.24) is 9.55 Å². The van der Waals surface area contributed by atoms with E-state index in [-0.39, 0.29) is 5.78 Å². The van der Waals surface area contributed by atoms with Crippen molar-refractivity contribution in [1.29, 1.82) is 0 Å². The summed E-state index contributed by atoms with van der Waals surface area (Å²) in [4.78, 5) is 15.7. The van der Waals surface area contributed by atoms with E-state index in [4.69, 9.17) is 11.6 Å². The lowest BCUT2D eigenvalue weighted by Crippen LogP contribution is -2.12. The van der Waals surface area contributed by atoms with Gasteiger partial charge in [-0.05, 0) is 32.9 Å². The van der Waals surface area contributed by atoms with E-state index < -0.39 is 11.2 Å². The minimum absolute atomic E-state index is 0.157. The molecule has 2 heterocycles. The molecule has 0 radical (unpaired) electrons. The maximum atomic E-state index is 13.8. The predicted molar refractivity (Wildman–Crippen MR) is 72.6 cm³/mol. The van der Waals surface area contributed by atoms with Crippen LogP contribution < -0.4 is 0 Å². The van der Waals surface area contributed by atoms with Crippen molar-refractivity contribution in [2.24, 2.45) is 0 Å². The van der Waals surface area contributed by atoms with Gasteiger partial charge in [-0.3, -0.25) is 9.78 Å². The second-order valence-electron chi connectivity index (χ2n) is 4.43. The Bertz CT molecular complexity index is 634. The van der Waals surface area contributed by atoms with Crippen LogP contribution in [0.1, 0.15) is 28.7 Å². The van der Waals surface area contributed by atoms with Crippen LogP contribution >= 0.6 is 11.6 Å². The summed E-state index contributed by atoms with van der Waals surface area (Å²) < 4.78 is 15.5. The molecule has 0 spiro atoms. The molecule has 0 amide bonds. The van der Waals surface area contributed by atoms with E-state index in [1.165, 1.54) is 6.20 Å². The zero-order valence-electron chi connectivity index (χ0n) is 10.9. The molecule has 0 saturated heterocycles. The van der Waals surface area contributed by atoms with E-state index in [1.54, 1.807) is 30.5 Å². The molecular weight excluding hydrogens is 267 g/mol. The first-order valence-corrected chi connectivity index (χ1v) is 6.34. The van der Waals surface area contributed by atoms with Crippen molar-refractivity contribution in [3.05, 3.63) is 47.3 Å². The summed E-state index contributed by atoms with van der Waals surface area (Å²) in [7, 11) is 0. The van der Waals surface area contributed by atoms with Crippen LogP contribution in [0.4, 0.5) is 4.39 Å². The van der Waals surface area contributed by atoms with Gasteiger partial charge in [-0.15, -0.1) is 11.6 Å². The SMILES string of the molecule is Cc1cc(C(=O)C(C)Cl)c(C)n1-c1ccncc1F. The molecule has 0 aliphatic rings. The van der Waals surface area contributed by atoms with Gasteiger partial charge in [0.05, 0.1) is 17.3 Å². The molecule has 0 aliphatic carbocycles. The summed E-state index contributed by atoms with van der Waals surface area (Å²) in [6.45, 7) is 5.23. The molecule has 0 saturated carbocycles. The quantitative estimate of drug-likeness (QED) is 0.638. The van der Waals surface area contributed by atoms with Gasteiger partial charge in [0.25, 0.3) is 0 Å². The number of aromatic nitrogens is 2. The molecule has 1 unspecified atom stereocenters. The molecule has 0 N–H and O–H groups in total. The number of ketones is 1. The molecule has 5 heteroatoms. The number of hydrogen-bond donors (Lipinski definition) is 0. The van der Waals surface area contributed by atoms with Crippen LogP contribution in [-0.2, 0) is 0 Å². The fourth-order valence-electron chi connectivity index (χ4n) is 2.15. The Hall–Kier alpha value is -1.68. The summed E-state index contributed by atoms with van der Waals surface area (Å²) in [5.74, 6) is -0.585. The van der Waals surface area contributed by atoms with Crippen molar-refractivity contribution in [3.8, 4) is 5.69 Å². The number of pyridine rings is 1. The molecule has 19 heavy (non-hydrogen) atoms. The Labute approximate surface area is 116 Å². The number of rotatable bonds is 3. The third-order valence-corrected chi connectivity index (χ3v) is 3.25. The lowest BCUT2D eigenvalue weighted by molar-refractivity contribution is 0.0991. The fraction of sp³-hybridized carbons (Fsp3) is 0.286. The second kappa shape index (κ2) is 5.13. The molecule has 100 valence electrons. The summed E-state index contributed by atoms with van der Waals surface area (Å²) in [5.41, 5.74) is 2.37. The Balaban J connectivity index is 2.61. The summed E-state index contributed by atoms with van der Waals surface area (Å²) in [5, 5.41) is -0.601. The highest BCUT2D eigenvalue weighted by Crippen LogP contribution is 2.24. The number of halogens is 2. The van der Waals surface area contributed by atoms with Crippen molar-refractivity contribution in [2.75, 3.05) is 0 Å². The van der Waals surface area contributed by atoms with Crippen molar-refractivity contribution in [2.45, 2.75) is 26.1 Å². The summed E-state index contributed by atoms with van der Waals surface area (Å²) in [6.07, 6.45) is 2.67. The molecule has 0 fully saturated rings. The average Bonchev–Trinajstić information content (AvgIpc) is 2.65. The number of hydrogen-bond acceptors (Lipinski definition) is 2. The van der Waals surface area contributed by atoms with E-state index >= 15 is 0 Å². The molecule has 1 atom stereocenters. The standard InChI is InChI=1S/C14H14ClFN2O/c1-8-6-11(14(19)9(2)15)10(3)18(8)13-4-5-17-7-12(13)16/h4-7,9H,1-3H3. The summed E-state index contributed by atoms with van der Waals surface area (Å²) in [6, 6.07) is 3.31. The van der Waals surface area contributed by atoms with Crippen LogP contribution in [0, 0.1) is 19.7 Å². The van der Waals surface area contributed by atoms with Crippen LogP contribution in [0.2, 0.25) is 0 Å². The smallest absolute Gasteiger partial charge is 0.182 e. The Morgan fingerprint density at radius 3 is 2.74 bits per heavy atom. The van der Waals surface area contributed by atoms with Gasteiger partial charge in [0.2, 0.25) is 0 Å². The summed E-state index contributed by atoms with van der Waals surface area (Å²) >= 11 is 5.83. The van der Waals surface area contributed by atoms with Gasteiger partial charge >= 0.3 is 0 Å². The highest BCUT2D eigenvalue weighted by molar-refractivity contribution is 6.33. The first-order valence-electron chi connectivity index (χ1n) is 5.90. The first kappa shape index (κ1) is 13.7. The van der Waals surface area contributed by atoms with E-state index in [2.05, 4.69) is 4.98 Å². The lowest BCUT2D eigenvalue weighted by Gasteiger charge is -2.10. The normalized spacial score (nSPS) is 12.5. The zero-order valence-corrected chi connectivity index (χ0v) is 11.7. The largest absolute Gasteiger partial charge is 0.315 e. The molecule has 3 nitrogen and oxygen atoms in total. The average molecular weight is 281 g/mol. The van der Waals surface area contributed by atoms with Gasteiger partial charge in [0, 0.05) is 23.1 Å². The molecule has 2 rings (SSSR count). The zero-order chi connectivity index (χ0) is 14.2. The highest BCUT2D eigenvalue weighted by Gasteiger charge is 2.20. The molecule has 0 aromatic carbocycles. The van der Waals surface area contributed by atoms with E-state index in [1.807, 2.05) is 6.92 Å². The lowest BCUT2D eigenvalue weighted by atomic mass is 10.1. The Morgan fingerprint density at radius 2 is 2.16 bits per heavy atom. The van der Waals surface area contributed by atoms with E-state index in [0.29, 0.717) is 16.9 Å². The topological polar surface area (TPSA) is 34.9 Å². The van der Waals surface area contributed by atoms with Crippen LogP contribution in [0.15, 0.2) is 24.5 Å². The van der Waals surface area contributed by atoms with Crippen LogP contribution in [-0.4, -0.2) is 20.7 Å². The van der Waals surface area contributed by atoms with Crippen LogP contribution in [0.5, 0.6) is 0 Å². The maximum Gasteiger partial charge on any atom is 0.182 e. The van der Waals surface area contributed by atoms with Gasteiger partial charge in [-0.25, -0.2) is 4.39 Å². The number of alkyl halides is 1. The van der Waals surface area contributed by atoms with Gasteiger partial charge in [-0.2, -0.15) is 0 Å². The number of carbonyl (C=O) groups is 1. The Morgan fingerprint density at radius 1 is 1.47 bits per heavy atom. The minimum atomic E-state index is -0.601. The van der Waals surface area contributed by atoms with Gasteiger partial charge < -0.3 is 4.57 Å². The van der Waals surface area contributed by atoms with Crippen molar-refractivity contribution >= 4 is 17.4 Å². The molecule has 2 aromatic heterocycles. The van der Waals surface area contributed by atoms with Gasteiger partial charge in [-0.1, -0.05) is 0 Å². The predicted octanol–water partition coefficient (Wildman–Crippen LogP) is 3.44. The highest BCUT2D eigenvalue weighted by atomic mass is 35.5. The molecule has 0 bridgehead atoms. The number of carbonyl (C=O) groups excluding carboxylic acids is 1. The number of nitrogens with zero attached hydrogens (tertiary/aromatic N) is 2. The fourth-order valence-corrected chi connectivity index (χ4v) is 2.26. The van der Waals surface area contributed by atoms with Crippen molar-refractivity contribution < 1.29 is 9.18 Å². The third-order valence-electron chi connectivity index (χ3n) is 3.05. The second-order valence-corrected chi connectivity index (χ2v) is 5.08. The first-order chi connectivity index (χ1) is 8.93. The molecule has 0 aliphatic heterocycles. The van der Waals surface area contributed by atoms with Crippen LogP contribution in [0.25, 0.3) is 5.69 Å². The Kier molecular flexibility index (Phi) is 3.71. The third kappa shape index (κ3) is 2.40. The van der Waals surface area contributed by atoms with Gasteiger partial charge in [0.15, 0.2) is 11.6 Å². The van der Waals surface area contributed by atoms with Crippen molar-refractivity contribution in [3.63, 3.8) is 0 Å². The molecular formula is C14H14ClFN2O. The van der Waals surface area contributed by atoms with E-state index in [9.17, 15) is 9.18 Å². The van der Waals surface area contributed by atoms with E-state index in [0.717, 1.165) is 11.9 Å². The van der Waals surface area contributed by atoms with Crippen LogP contribution in [0.3, 0.4) is 0 Å². The van der Waals surface area contributed by atoms with Gasteiger partial charge in [0.1, 0.15) is 0 Å². The molecule has 2 aromatic rings.